The van der Waals surface area contributed by atoms with Gasteiger partial charge in [0, 0.05) is 5.92 Å². The van der Waals surface area contributed by atoms with Crippen LogP contribution < -0.4 is 10.1 Å². The van der Waals surface area contributed by atoms with E-state index in [1.807, 2.05) is 18.2 Å². The Hall–Kier alpha value is -3.53. The molecule has 2 aliphatic carbocycles. The highest BCUT2D eigenvalue weighted by Gasteiger charge is 2.38. The largest absolute Gasteiger partial charge is 0.497 e. The van der Waals surface area contributed by atoms with Crippen LogP contribution >= 0.6 is 0 Å². The fraction of sp³-hybridized carbons (Fsp3) is 0.447. The van der Waals surface area contributed by atoms with Crippen molar-refractivity contribution in [1.29, 1.82) is 0 Å². The van der Waals surface area contributed by atoms with Crippen molar-refractivity contribution < 1.29 is 14.3 Å². The average molecular weight is 566 g/mol. The zero-order chi connectivity index (χ0) is 29.9. The molecule has 4 atom stereocenters. The molecule has 1 saturated carbocycles. The summed E-state index contributed by atoms with van der Waals surface area (Å²) >= 11 is 0. The van der Waals surface area contributed by atoms with Crippen LogP contribution in [-0.2, 0) is 10.3 Å². The molecule has 3 aromatic rings. The van der Waals surface area contributed by atoms with Crippen molar-refractivity contribution in [2.75, 3.05) is 13.7 Å². The van der Waals surface area contributed by atoms with Crippen LogP contribution in [0.4, 0.5) is 4.79 Å². The highest BCUT2D eigenvalue weighted by atomic mass is 16.5. The molecule has 5 rings (SSSR count). The van der Waals surface area contributed by atoms with Crippen LogP contribution in [0.3, 0.4) is 0 Å². The van der Waals surface area contributed by atoms with Gasteiger partial charge in [-0.25, -0.2) is 4.79 Å². The number of fused-ring (bicyclic) bond motifs is 3. The maximum Gasteiger partial charge on any atom is 0.408 e. The molecule has 222 valence electrons. The van der Waals surface area contributed by atoms with Crippen LogP contribution in [-0.4, -0.2) is 19.8 Å². The highest BCUT2D eigenvalue weighted by Crippen LogP contribution is 2.45. The van der Waals surface area contributed by atoms with Crippen molar-refractivity contribution in [2.24, 2.45) is 29.6 Å². The molecule has 0 aliphatic heterocycles. The molecule has 1 fully saturated rings. The van der Waals surface area contributed by atoms with Crippen molar-refractivity contribution in [3.05, 3.63) is 102 Å². The van der Waals surface area contributed by atoms with Gasteiger partial charge in [-0.1, -0.05) is 114 Å². The van der Waals surface area contributed by atoms with Crippen LogP contribution in [0, 0.1) is 29.6 Å². The smallest absolute Gasteiger partial charge is 0.408 e. The SMILES string of the molecule is COc1cccc([C@](/C=C/[C@@H]2C[C@H](C)CC[C@H]2C(C)C)(NC(=O)OCC2c3ccccc3-c3ccccc32)C(C)C)c1. The standard InChI is InChI=1S/C38H47NO3/c1-25(2)31-19-18-27(5)22-28(31)20-21-38(26(3)4,29-12-11-13-30(23-29)41-6)39-37(40)42-24-36-34-16-9-7-14-32(34)33-15-8-10-17-35(33)36/h7-17,20-21,23,25-28,31,36H,18-19,22,24H2,1-6H3,(H,39,40)/b21-20+/t27-,28-,31+,38-/m1/s1. The lowest BCUT2D eigenvalue weighted by molar-refractivity contribution is 0.127. The fourth-order valence-electron chi connectivity index (χ4n) is 7.34. The third kappa shape index (κ3) is 6.00. The van der Waals surface area contributed by atoms with Gasteiger partial charge in [-0.3, -0.25) is 0 Å². The molecule has 0 bridgehead atoms. The van der Waals surface area contributed by atoms with Gasteiger partial charge in [-0.2, -0.15) is 0 Å². The first-order chi connectivity index (χ1) is 20.2. The van der Waals surface area contributed by atoms with Gasteiger partial charge in [0.15, 0.2) is 0 Å². The number of carbonyl (C=O) groups excluding carboxylic acids is 1. The van der Waals surface area contributed by atoms with Crippen LogP contribution in [0.2, 0.25) is 0 Å². The molecule has 0 radical (unpaired) electrons. The van der Waals surface area contributed by atoms with E-state index in [4.69, 9.17) is 9.47 Å². The summed E-state index contributed by atoms with van der Waals surface area (Å²) in [7, 11) is 1.68. The van der Waals surface area contributed by atoms with Crippen molar-refractivity contribution in [3.8, 4) is 16.9 Å². The number of carbonyl (C=O) groups is 1. The summed E-state index contributed by atoms with van der Waals surface area (Å²) in [6.45, 7) is 11.7. The second-order valence-electron chi connectivity index (χ2n) is 13.1. The molecule has 1 amide bonds. The minimum absolute atomic E-state index is 0.0134. The minimum Gasteiger partial charge on any atom is -0.497 e. The Morgan fingerprint density at radius 1 is 0.952 bits per heavy atom. The van der Waals surface area contributed by atoms with Gasteiger partial charge < -0.3 is 14.8 Å². The normalized spacial score (nSPS) is 21.7. The highest BCUT2D eigenvalue weighted by molar-refractivity contribution is 5.79. The Morgan fingerprint density at radius 3 is 2.24 bits per heavy atom. The number of nitrogens with one attached hydrogen (secondary N) is 1. The molecule has 42 heavy (non-hydrogen) atoms. The third-order valence-electron chi connectivity index (χ3n) is 9.79. The Labute approximate surface area is 252 Å². The first kappa shape index (κ1) is 29.9. The maximum atomic E-state index is 13.7. The van der Waals surface area contributed by atoms with E-state index in [2.05, 4.69) is 107 Å². The van der Waals surface area contributed by atoms with E-state index >= 15 is 0 Å². The number of hydrogen-bond donors (Lipinski definition) is 1. The van der Waals surface area contributed by atoms with E-state index in [1.165, 1.54) is 41.5 Å². The molecular weight excluding hydrogens is 518 g/mol. The van der Waals surface area contributed by atoms with Crippen LogP contribution in [0.5, 0.6) is 5.75 Å². The summed E-state index contributed by atoms with van der Waals surface area (Å²) in [5, 5.41) is 3.36. The minimum atomic E-state index is -0.751. The zero-order valence-corrected chi connectivity index (χ0v) is 26.1. The first-order valence-electron chi connectivity index (χ1n) is 15.7. The van der Waals surface area contributed by atoms with E-state index in [1.54, 1.807) is 7.11 Å². The number of benzene rings is 3. The number of methoxy groups -OCH3 is 1. The zero-order valence-electron chi connectivity index (χ0n) is 26.1. The third-order valence-corrected chi connectivity index (χ3v) is 9.79. The number of allylic oxidation sites excluding steroid dienone is 1. The molecule has 0 unspecified atom stereocenters. The number of rotatable bonds is 9. The van der Waals surface area contributed by atoms with Crippen LogP contribution in [0.1, 0.15) is 76.5 Å². The Bertz CT molecular complexity index is 1360. The molecule has 0 heterocycles. The summed E-state index contributed by atoms with van der Waals surface area (Å²) in [5.74, 6) is 3.29. The van der Waals surface area contributed by atoms with Gasteiger partial charge >= 0.3 is 6.09 Å². The second kappa shape index (κ2) is 12.8. The molecule has 0 aromatic heterocycles. The van der Waals surface area contributed by atoms with Gasteiger partial charge in [-0.15, -0.1) is 0 Å². The van der Waals surface area contributed by atoms with Crippen molar-refractivity contribution >= 4 is 6.09 Å². The summed E-state index contributed by atoms with van der Waals surface area (Å²) < 4.78 is 11.7. The molecule has 0 spiro atoms. The van der Waals surface area contributed by atoms with Gasteiger partial charge in [-0.05, 0) is 82.4 Å². The lowest BCUT2D eigenvalue weighted by Gasteiger charge is -2.39. The number of amides is 1. The van der Waals surface area contributed by atoms with E-state index in [0.29, 0.717) is 23.7 Å². The number of hydrogen-bond acceptors (Lipinski definition) is 3. The predicted octanol–water partition coefficient (Wildman–Crippen LogP) is 9.35. The summed E-state index contributed by atoms with van der Waals surface area (Å²) in [6, 6.07) is 24.9. The summed E-state index contributed by atoms with van der Waals surface area (Å²) in [6.07, 6.45) is 7.96. The summed E-state index contributed by atoms with van der Waals surface area (Å²) in [5.41, 5.74) is 5.10. The van der Waals surface area contributed by atoms with E-state index in [9.17, 15) is 4.79 Å². The Balaban J connectivity index is 1.44. The molecular formula is C38H47NO3. The van der Waals surface area contributed by atoms with Crippen molar-refractivity contribution in [3.63, 3.8) is 0 Å². The predicted molar refractivity (Wildman–Crippen MR) is 172 cm³/mol. The molecule has 2 aliphatic rings. The quantitative estimate of drug-likeness (QED) is 0.263. The topological polar surface area (TPSA) is 47.6 Å². The van der Waals surface area contributed by atoms with E-state index in [0.717, 1.165) is 11.3 Å². The fourth-order valence-corrected chi connectivity index (χ4v) is 7.34. The molecule has 4 nitrogen and oxygen atoms in total. The average Bonchev–Trinajstić information content (AvgIpc) is 3.31. The maximum absolute atomic E-state index is 13.7. The van der Waals surface area contributed by atoms with Crippen LogP contribution in [0.15, 0.2) is 84.9 Å². The molecule has 4 heteroatoms. The van der Waals surface area contributed by atoms with Crippen LogP contribution in [0.25, 0.3) is 11.1 Å². The molecule has 0 saturated heterocycles. The first-order valence-corrected chi connectivity index (χ1v) is 15.7. The lowest BCUT2D eigenvalue weighted by Crippen LogP contribution is -2.49. The van der Waals surface area contributed by atoms with Gasteiger partial charge in [0.2, 0.25) is 0 Å². The number of alkyl carbamates (subject to hydrolysis) is 1. The van der Waals surface area contributed by atoms with Crippen molar-refractivity contribution in [1.82, 2.24) is 5.32 Å². The molecule has 3 aromatic carbocycles. The summed E-state index contributed by atoms with van der Waals surface area (Å²) in [4.78, 5) is 13.7. The number of ether oxygens (including phenoxy) is 2. The molecule has 1 N–H and O–H groups in total. The Kier molecular flexibility index (Phi) is 9.11. The second-order valence-corrected chi connectivity index (χ2v) is 13.1. The van der Waals surface area contributed by atoms with E-state index < -0.39 is 11.6 Å². The van der Waals surface area contributed by atoms with E-state index in [-0.39, 0.29) is 18.4 Å². The van der Waals surface area contributed by atoms with Gasteiger partial charge in [0.05, 0.1) is 12.6 Å². The van der Waals surface area contributed by atoms with Crippen molar-refractivity contribution in [2.45, 2.75) is 65.3 Å². The van der Waals surface area contributed by atoms with Gasteiger partial charge in [0.1, 0.15) is 12.4 Å². The Morgan fingerprint density at radius 2 is 1.62 bits per heavy atom. The monoisotopic (exact) mass is 565 g/mol. The van der Waals surface area contributed by atoms with Gasteiger partial charge in [0.25, 0.3) is 0 Å². The lowest BCUT2D eigenvalue weighted by atomic mass is 9.69.